The summed E-state index contributed by atoms with van der Waals surface area (Å²) >= 11 is 6.00. The van der Waals surface area contributed by atoms with Crippen molar-refractivity contribution in [3.05, 3.63) is 35.9 Å². The number of carbonyl (C=O) groups excluding carboxylic acids is 2. The number of rotatable bonds is 3. The molecule has 0 amide bonds. The topological polar surface area (TPSA) is 78.4 Å². The maximum atomic E-state index is 11.2. The van der Waals surface area contributed by atoms with E-state index in [0.29, 0.717) is 11.1 Å². The smallest absolute Gasteiger partial charge is 0.308 e. The molecule has 21 heavy (non-hydrogen) atoms. The second kappa shape index (κ2) is 6.32. The molecule has 0 aliphatic carbocycles. The van der Waals surface area contributed by atoms with Gasteiger partial charge in [0.2, 0.25) is 0 Å². The number of hydrogen-bond acceptors (Lipinski definition) is 6. The molecule has 1 aromatic carbocycles. The van der Waals surface area contributed by atoms with Gasteiger partial charge in [0, 0.05) is 25.6 Å². The highest BCUT2D eigenvalue weighted by Gasteiger charge is 2.13. The van der Waals surface area contributed by atoms with Crippen LogP contribution in [0.15, 0.2) is 30.7 Å². The van der Waals surface area contributed by atoms with E-state index < -0.39 is 11.9 Å². The van der Waals surface area contributed by atoms with Crippen LogP contribution >= 0.6 is 11.6 Å². The minimum absolute atomic E-state index is 0.120. The summed E-state index contributed by atoms with van der Waals surface area (Å²) < 4.78 is 10.0. The maximum absolute atomic E-state index is 11.2. The Labute approximate surface area is 125 Å². The standard InChI is InChI=1S/C14H11ClN2O4/c1-8(18)20-12-4-3-10(5-13(12)21-9(2)19)11-6-16-7-17-14(11)15/h3-7H,1-2H3. The van der Waals surface area contributed by atoms with Crippen LogP contribution in [0.4, 0.5) is 0 Å². The van der Waals surface area contributed by atoms with Gasteiger partial charge in [-0.05, 0) is 17.7 Å². The van der Waals surface area contributed by atoms with Crippen LogP contribution in [0.25, 0.3) is 11.1 Å². The number of esters is 2. The average molecular weight is 307 g/mol. The Kier molecular flexibility index (Phi) is 4.49. The number of carbonyl (C=O) groups is 2. The second-order valence-electron chi connectivity index (χ2n) is 4.08. The first-order chi connectivity index (χ1) is 9.97. The number of aromatic nitrogens is 2. The molecular formula is C14H11ClN2O4. The van der Waals surface area contributed by atoms with Crippen LogP contribution in [-0.2, 0) is 9.59 Å². The van der Waals surface area contributed by atoms with Gasteiger partial charge in [-0.25, -0.2) is 9.97 Å². The van der Waals surface area contributed by atoms with Crippen molar-refractivity contribution in [1.29, 1.82) is 0 Å². The summed E-state index contributed by atoms with van der Waals surface area (Å²) in [5, 5.41) is 0.263. The van der Waals surface area contributed by atoms with E-state index in [1.54, 1.807) is 6.07 Å². The molecule has 0 spiro atoms. The van der Waals surface area contributed by atoms with Crippen molar-refractivity contribution in [1.82, 2.24) is 9.97 Å². The number of ether oxygens (including phenoxy) is 2. The molecule has 0 radical (unpaired) electrons. The van der Waals surface area contributed by atoms with E-state index in [-0.39, 0.29) is 16.7 Å². The Morgan fingerprint density at radius 2 is 1.76 bits per heavy atom. The highest BCUT2D eigenvalue weighted by molar-refractivity contribution is 6.32. The molecule has 0 bridgehead atoms. The van der Waals surface area contributed by atoms with Gasteiger partial charge in [0.05, 0.1) is 0 Å². The SMILES string of the molecule is CC(=O)Oc1ccc(-c2cncnc2Cl)cc1OC(C)=O. The van der Waals surface area contributed by atoms with Gasteiger partial charge in [-0.3, -0.25) is 9.59 Å². The second-order valence-corrected chi connectivity index (χ2v) is 4.43. The van der Waals surface area contributed by atoms with Crippen LogP contribution in [0.3, 0.4) is 0 Å². The van der Waals surface area contributed by atoms with Crippen molar-refractivity contribution < 1.29 is 19.1 Å². The van der Waals surface area contributed by atoms with Gasteiger partial charge in [-0.15, -0.1) is 0 Å². The number of halogens is 1. The highest BCUT2D eigenvalue weighted by atomic mass is 35.5. The van der Waals surface area contributed by atoms with E-state index >= 15 is 0 Å². The first kappa shape index (κ1) is 14.9. The van der Waals surface area contributed by atoms with Crippen molar-refractivity contribution in [3.63, 3.8) is 0 Å². The van der Waals surface area contributed by atoms with Crippen LogP contribution in [0.5, 0.6) is 11.5 Å². The Bertz CT molecular complexity index is 703. The monoisotopic (exact) mass is 306 g/mol. The first-order valence-corrected chi connectivity index (χ1v) is 6.32. The third-order valence-electron chi connectivity index (χ3n) is 2.43. The molecule has 6 nitrogen and oxygen atoms in total. The molecule has 0 atom stereocenters. The van der Waals surface area contributed by atoms with E-state index in [1.807, 2.05) is 0 Å². The molecule has 7 heteroatoms. The van der Waals surface area contributed by atoms with Gasteiger partial charge in [0.25, 0.3) is 0 Å². The van der Waals surface area contributed by atoms with Crippen LogP contribution in [0, 0.1) is 0 Å². The molecule has 2 aromatic rings. The predicted molar refractivity (Wildman–Crippen MR) is 75.1 cm³/mol. The van der Waals surface area contributed by atoms with Crippen LogP contribution < -0.4 is 9.47 Å². The number of hydrogen-bond donors (Lipinski definition) is 0. The zero-order valence-electron chi connectivity index (χ0n) is 11.3. The van der Waals surface area contributed by atoms with Crippen molar-refractivity contribution >= 4 is 23.5 Å². The van der Waals surface area contributed by atoms with E-state index in [1.165, 1.54) is 38.5 Å². The minimum Gasteiger partial charge on any atom is -0.423 e. The van der Waals surface area contributed by atoms with Gasteiger partial charge in [-0.1, -0.05) is 17.7 Å². The molecule has 2 rings (SSSR count). The van der Waals surface area contributed by atoms with Gasteiger partial charge < -0.3 is 9.47 Å². The molecular weight excluding hydrogens is 296 g/mol. The van der Waals surface area contributed by atoms with E-state index in [0.717, 1.165) is 0 Å². The largest absolute Gasteiger partial charge is 0.423 e. The average Bonchev–Trinajstić information content (AvgIpc) is 2.40. The fraction of sp³-hybridized carbons (Fsp3) is 0.143. The molecule has 108 valence electrons. The summed E-state index contributed by atoms with van der Waals surface area (Å²) in [6.07, 6.45) is 2.86. The Balaban J connectivity index is 2.48. The molecule has 0 aliphatic heterocycles. The first-order valence-electron chi connectivity index (χ1n) is 5.94. The summed E-state index contributed by atoms with van der Waals surface area (Å²) in [5.41, 5.74) is 1.20. The summed E-state index contributed by atoms with van der Waals surface area (Å²) in [5.74, 6) is -0.780. The van der Waals surface area contributed by atoms with Crippen molar-refractivity contribution in [3.8, 4) is 22.6 Å². The summed E-state index contributed by atoms with van der Waals surface area (Å²) in [7, 11) is 0. The van der Waals surface area contributed by atoms with E-state index in [4.69, 9.17) is 21.1 Å². The zero-order valence-corrected chi connectivity index (χ0v) is 12.0. The fourth-order valence-electron chi connectivity index (χ4n) is 1.66. The Morgan fingerprint density at radius 3 is 2.38 bits per heavy atom. The zero-order chi connectivity index (χ0) is 15.4. The summed E-state index contributed by atoms with van der Waals surface area (Å²) in [6.45, 7) is 2.51. The number of nitrogens with zero attached hydrogens (tertiary/aromatic N) is 2. The molecule has 0 N–H and O–H groups in total. The summed E-state index contributed by atoms with van der Waals surface area (Å²) in [6, 6.07) is 4.71. The van der Waals surface area contributed by atoms with Gasteiger partial charge in [0.1, 0.15) is 11.5 Å². The lowest BCUT2D eigenvalue weighted by molar-refractivity contribution is -0.134. The van der Waals surface area contributed by atoms with E-state index in [2.05, 4.69) is 9.97 Å². The number of benzene rings is 1. The lowest BCUT2D eigenvalue weighted by atomic mass is 10.1. The van der Waals surface area contributed by atoms with Crippen molar-refractivity contribution in [2.75, 3.05) is 0 Å². The van der Waals surface area contributed by atoms with Crippen LogP contribution in [0.2, 0.25) is 5.15 Å². The lowest BCUT2D eigenvalue weighted by Crippen LogP contribution is -2.07. The normalized spacial score (nSPS) is 10.0. The van der Waals surface area contributed by atoms with Crippen LogP contribution in [0.1, 0.15) is 13.8 Å². The van der Waals surface area contributed by atoms with Gasteiger partial charge in [0.15, 0.2) is 11.5 Å². The molecule has 0 unspecified atom stereocenters. The molecule has 1 heterocycles. The lowest BCUT2D eigenvalue weighted by Gasteiger charge is -2.11. The Hall–Kier alpha value is -2.47. The molecule has 1 aromatic heterocycles. The minimum atomic E-state index is -0.532. The molecule has 0 saturated carbocycles. The fourth-order valence-corrected chi connectivity index (χ4v) is 1.86. The van der Waals surface area contributed by atoms with Crippen LogP contribution in [-0.4, -0.2) is 21.9 Å². The molecule has 0 aliphatic rings. The predicted octanol–water partition coefficient (Wildman–Crippen LogP) is 2.65. The molecule has 0 fully saturated rings. The maximum Gasteiger partial charge on any atom is 0.308 e. The van der Waals surface area contributed by atoms with Gasteiger partial charge >= 0.3 is 11.9 Å². The van der Waals surface area contributed by atoms with Gasteiger partial charge in [-0.2, -0.15) is 0 Å². The third kappa shape index (κ3) is 3.76. The summed E-state index contributed by atoms with van der Waals surface area (Å²) in [4.78, 5) is 30.0. The highest BCUT2D eigenvalue weighted by Crippen LogP contribution is 2.34. The Morgan fingerprint density at radius 1 is 1.10 bits per heavy atom. The van der Waals surface area contributed by atoms with E-state index in [9.17, 15) is 9.59 Å². The van der Waals surface area contributed by atoms with Crippen molar-refractivity contribution in [2.24, 2.45) is 0 Å². The molecule has 0 saturated heterocycles. The van der Waals surface area contributed by atoms with Crippen molar-refractivity contribution in [2.45, 2.75) is 13.8 Å². The quantitative estimate of drug-likeness (QED) is 0.493. The third-order valence-corrected chi connectivity index (χ3v) is 2.73.